The molecule has 3 rings (SSSR count). The smallest absolute Gasteiger partial charge is 0.0951 e. The molecule has 20 heavy (non-hydrogen) atoms. The third kappa shape index (κ3) is 3.08. The molecule has 2 heterocycles. The maximum absolute atomic E-state index is 4.68. The fraction of sp³-hybridized carbons (Fsp3) is 0.312. The van der Waals surface area contributed by atoms with Gasteiger partial charge in [-0.25, -0.2) is 4.98 Å². The molecule has 2 aromatic heterocycles. The van der Waals surface area contributed by atoms with Gasteiger partial charge in [-0.15, -0.1) is 22.7 Å². The maximum Gasteiger partial charge on any atom is 0.0951 e. The third-order valence-corrected chi connectivity index (χ3v) is 5.44. The summed E-state index contributed by atoms with van der Waals surface area (Å²) in [5.41, 5.74) is 1.12. The molecule has 1 atom stereocenters. The minimum Gasteiger partial charge on any atom is -0.309 e. The number of benzene rings is 1. The highest BCUT2D eigenvalue weighted by Crippen LogP contribution is 2.23. The molecular formula is C16H18N2S2. The van der Waals surface area contributed by atoms with Gasteiger partial charge >= 0.3 is 0 Å². The van der Waals surface area contributed by atoms with E-state index in [1.807, 2.05) is 17.4 Å². The van der Waals surface area contributed by atoms with E-state index in [2.05, 4.69) is 52.9 Å². The molecule has 1 N–H and O–H groups in total. The minimum atomic E-state index is 0.476. The second-order valence-electron chi connectivity index (χ2n) is 4.76. The Kier molecular flexibility index (Phi) is 4.45. The van der Waals surface area contributed by atoms with Crippen LogP contribution in [0.5, 0.6) is 0 Å². The fourth-order valence-corrected chi connectivity index (χ4v) is 4.17. The van der Waals surface area contributed by atoms with Crippen molar-refractivity contribution in [1.82, 2.24) is 10.3 Å². The molecule has 0 saturated carbocycles. The van der Waals surface area contributed by atoms with Gasteiger partial charge in [0.2, 0.25) is 0 Å². The van der Waals surface area contributed by atoms with Gasteiger partial charge in [0.15, 0.2) is 0 Å². The molecule has 0 spiro atoms. The van der Waals surface area contributed by atoms with Gasteiger partial charge in [0, 0.05) is 23.9 Å². The molecule has 0 bridgehead atoms. The normalized spacial score (nSPS) is 12.8. The van der Waals surface area contributed by atoms with Crippen molar-refractivity contribution in [2.75, 3.05) is 6.54 Å². The predicted octanol–water partition coefficient (Wildman–Crippen LogP) is 4.64. The van der Waals surface area contributed by atoms with Crippen LogP contribution in [0, 0.1) is 0 Å². The monoisotopic (exact) mass is 302 g/mol. The van der Waals surface area contributed by atoms with Gasteiger partial charge in [-0.2, -0.15) is 0 Å². The summed E-state index contributed by atoms with van der Waals surface area (Å²) >= 11 is 3.64. The highest BCUT2D eigenvalue weighted by atomic mass is 32.1. The molecular weight excluding hydrogens is 284 g/mol. The maximum atomic E-state index is 4.68. The van der Waals surface area contributed by atoms with Gasteiger partial charge in [0.1, 0.15) is 0 Å². The first-order valence-electron chi connectivity index (χ1n) is 6.98. The second-order valence-corrected chi connectivity index (χ2v) is 6.85. The van der Waals surface area contributed by atoms with Crippen molar-refractivity contribution in [2.24, 2.45) is 0 Å². The molecule has 0 aliphatic rings. The number of hydrogen-bond donors (Lipinski definition) is 1. The summed E-state index contributed by atoms with van der Waals surface area (Å²) in [6, 6.07) is 13.2. The van der Waals surface area contributed by atoms with E-state index in [0.29, 0.717) is 6.04 Å². The Labute approximate surface area is 127 Å². The lowest BCUT2D eigenvalue weighted by atomic mass is 10.2. The van der Waals surface area contributed by atoms with Crippen molar-refractivity contribution in [2.45, 2.75) is 25.8 Å². The van der Waals surface area contributed by atoms with Gasteiger partial charge in [0.25, 0.3) is 0 Å². The average molecular weight is 302 g/mol. The van der Waals surface area contributed by atoms with Crippen LogP contribution < -0.4 is 5.32 Å². The first-order valence-corrected chi connectivity index (χ1v) is 8.67. The zero-order valence-corrected chi connectivity index (χ0v) is 13.1. The summed E-state index contributed by atoms with van der Waals surface area (Å²) in [6.07, 6.45) is 2.13. The molecule has 0 saturated heterocycles. The molecule has 3 aromatic rings. The van der Waals surface area contributed by atoms with Crippen LogP contribution in [0.15, 0.2) is 41.8 Å². The summed E-state index contributed by atoms with van der Waals surface area (Å²) in [7, 11) is 0. The number of rotatable bonds is 6. The van der Waals surface area contributed by atoms with E-state index >= 15 is 0 Å². The zero-order valence-electron chi connectivity index (χ0n) is 11.5. The fourth-order valence-electron chi connectivity index (χ4n) is 2.32. The topological polar surface area (TPSA) is 24.9 Å². The minimum absolute atomic E-state index is 0.476. The van der Waals surface area contributed by atoms with E-state index in [4.69, 9.17) is 0 Å². The van der Waals surface area contributed by atoms with Crippen molar-refractivity contribution in [3.63, 3.8) is 0 Å². The van der Waals surface area contributed by atoms with E-state index in [0.717, 1.165) is 24.9 Å². The van der Waals surface area contributed by atoms with Crippen molar-refractivity contribution in [3.05, 3.63) is 51.7 Å². The molecule has 0 amide bonds. The number of nitrogens with zero attached hydrogens (tertiary/aromatic N) is 1. The van der Waals surface area contributed by atoms with Gasteiger partial charge in [-0.3, -0.25) is 0 Å². The van der Waals surface area contributed by atoms with Crippen LogP contribution in [0.3, 0.4) is 0 Å². The Balaban J connectivity index is 1.59. The number of thiazole rings is 1. The van der Waals surface area contributed by atoms with Crippen molar-refractivity contribution >= 4 is 32.9 Å². The predicted molar refractivity (Wildman–Crippen MR) is 88.7 cm³/mol. The first-order chi connectivity index (χ1) is 9.86. The number of para-hydroxylation sites is 1. The number of aromatic nitrogens is 1. The number of fused-ring (bicyclic) bond motifs is 1. The molecule has 0 radical (unpaired) electrons. The van der Waals surface area contributed by atoms with Gasteiger partial charge < -0.3 is 5.32 Å². The number of nitrogens with one attached hydrogen (secondary N) is 1. The average Bonchev–Trinajstić information content (AvgIpc) is 3.12. The Hall–Kier alpha value is -1.23. The highest BCUT2D eigenvalue weighted by molar-refractivity contribution is 7.18. The Morgan fingerprint density at radius 3 is 2.85 bits per heavy atom. The van der Waals surface area contributed by atoms with Crippen molar-refractivity contribution in [3.8, 4) is 0 Å². The zero-order chi connectivity index (χ0) is 13.8. The van der Waals surface area contributed by atoms with E-state index in [-0.39, 0.29) is 0 Å². The SMILES string of the molecule is CCC(NCCc1nc2ccccc2s1)c1cccs1. The highest BCUT2D eigenvalue weighted by Gasteiger charge is 2.10. The lowest BCUT2D eigenvalue weighted by Crippen LogP contribution is -2.22. The summed E-state index contributed by atoms with van der Waals surface area (Å²) in [5, 5.41) is 7.01. The summed E-state index contributed by atoms with van der Waals surface area (Å²) in [4.78, 5) is 6.11. The Bertz CT molecular complexity index is 625. The molecule has 104 valence electrons. The van der Waals surface area contributed by atoms with E-state index < -0.39 is 0 Å². The van der Waals surface area contributed by atoms with Crippen LogP contribution in [-0.4, -0.2) is 11.5 Å². The van der Waals surface area contributed by atoms with Crippen LogP contribution >= 0.6 is 22.7 Å². The third-order valence-electron chi connectivity index (χ3n) is 3.36. The quantitative estimate of drug-likeness (QED) is 0.717. The first kappa shape index (κ1) is 13.7. The van der Waals surface area contributed by atoms with E-state index in [9.17, 15) is 0 Å². The lowest BCUT2D eigenvalue weighted by molar-refractivity contribution is 0.530. The molecule has 0 fully saturated rings. The van der Waals surface area contributed by atoms with Crippen LogP contribution in [0.2, 0.25) is 0 Å². The second kappa shape index (κ2) is 6.48. The van der Waals surface area contributed by atoms with Gasteiger partial charge in [-0.05, 0) is 30.0 Å². The van der Waals surface area contributed by atoms with Crippen LogP contribution in [0.25, 0.3) is 10.2 Å². The van der Waals surface area contributed by atoms with Crippen LogP contribution in [0.4, 0.5) is 0 Å². The lowest BCUT2D eigenvalue weighted by Gasteiger charge is -2.14. The molecule has 0 aliphatic carbocycles. The number of thiophene rings is 1. The van der Waals surface area contributed by atoms with Crippen LogP contribution in [0.1, 0.15) is 29.3 Å². The van der Waals surface area contributed by atoms with E-state index in [1.54, 1.807) is 11.3 Å². The Morgan fingerprint density at radius 2 is 2.10 bits per heavy atom. The van der Waals surface area contributed by atoms with Crippen LogP contribution in [-0.2, 0) is 6.42 Å². The molecule has 1 aromatic carbocycles. The summed E-state index contributed by atoms with van der Waals surface area (Å²) < 4.78 is 1.28. The van der Waals surface area contributed by atoms with Crippen molar-refractivity contribution < 1.29 is 0 Å². The van der Waals surface area contributed by atoms with Gasteiger partial charge in [0.05, 0.1) is 15.2 Å². The molecule has 1 unspecified atom stereocenters. The molecule has 0 aliphatic heterocycles. The largest absolute Gasteiger partial charge is 0.309 e. The molecule has 4 heteroatoms. The summed E-state index contributed by atoms with van der Waals surface area (Å²) in [6.45, 7) is 3.21. The standard InChI is InChI=1S/C16H18N2S2/c1-2-12(14-8-5-11-19-14)17-10-9-16-18-13-6-3-4-7-15(13)20-16/h3-8,11-12,17H,2,9-10H2,1H3. The molecule has 2 nitrogen and oxygen atoms in total. The van der Waals surface area contributed by atoms with E-state index in [1.165, 1.54) is 14.6 Å². The Morgan fingerprint density at radius 1 is 1.20 bits per heavy atom. The summed E-state index contributed by atoms with van der Waals surface area (Å²) in [5.74, 6) is 0. The number of hydrogen-bond acceptors (Lipinski definition) is 4. The van der Waals surface area contributed by atoms with Gasteiger partial charge in [-0.1, -0.05) is 25.1 Å². The van der Waals surface area contributed by atoms with Crippen molar-refractivity contribution in [1.29, 1.82) is 0 Å².